The van der Waals surface area contributed by atoms with Crippen LogP contribution in [-0.2, 0) is 0 Å². The van der Waals surface area contributed by atoms with Crippen LogP contribution in [0.1, 0.15) is 17.4 Å². The van der Waals surface area contributed by atoms with Crippen LogP contribution in [0.15, 0.2) is 49.1 Å². The van der Waals surface area contributed by atoms with Gasteiger partial charge in [0.15, 0.2) is 0 Å². The van der Waals surface area contributed by atoms with E-state index in [0.717, 1.165) is 0 Å². The molecule has 0 aliphatic carbocycles. The van der Waals surface area contributed by atoms with E-state index in [1.165, 1.54) is 31.3 Å². The molecule has 0 amide bonds. The van der Waals surface area contributed by atoms with E-state index in [4.69, 9.17) is 0 Å². The summed E-state index contributed by atoms with van der Waals surface area (Å²) in [6.45, 7) is 6.00. The minimum atomic E-state index is 1.25. The first-order valence-electron chi connectivity index (χ1n) is 6.04. The quantitative estimate of drug-likeness (QED) is 0.544. The van der Waals surface area contributed by atoms with Crippen LogP contribution in [0.5, 0.6) is 0 Å². The van der Waals surface area contributed by atoms with Crippen molar-refractivity contribution in [1.82, 2.24) is 0 Å². The summed E-state index contributed by atoms with van der Waals surface area (Å²) >= 11 is 1.83. The van der Waals surface area contributed by atoms with Crippen molar-refractivity contribution in [3.05, 3.63) is 59.5 Å². The molecular weight excluding hydrogens is 236 g/mol. The van der Waals surface area contributed by atoms with Gasteiger partial charge >= 0.3 is 0 Å². The molecule has 0 saturated carbocycles. The topological polar surface area (TPSA) is 0 Å². The van der Waals surface area contributed by atoms with E-state index in [2.05, 4.69) is 55.1 Å². The van der Waals surface area contributed by atoms with Crippen molar-refractivity contribution in [3.63, 3.8) is 0 Å². The number of hydrogen-bond acceptors (Lipinski definition) is 1. The first kappa shape index (κ1) is 11.2. The van der Waals surface area contributed by atoms with Gasteiger partial charge in [-0.25, -0.2) is 0 Å². The Labute approximate surface area is 111 Å². The fraction of sp³-hybridized carbons (Fsp3) is 0.0588. The highest BCUT2D eigenvalue weighted by atomic mass is 32.1. The fourth-order valence-electron chi connectivity index (χ4n) is 2.31. The van der Waals surface area contributed by atoms with E-state index in [1.807, 2.05) is 24.3 Å². The van der Waals surface area contributed by atoms with E-state index in [0.29, 0.717) is 0 Å². The minimum Gasteiger partial charge on any atom is -0.135 e. The number of benzene rings is 2. The number of thiophene rings is 1. The highest BCUT2D eigenvalue weighted by Gasteiger charge is 2.08. The molecule has 88 valence electrons. The summed E-state index contributed by atoms with van der Waals surface area (Å²) in [5.41, 5.74) is 1.25. The average Bonchev–Trinajstić information content (AvgIpc) is 2.72. The Balaban J connectivity index is 2.43. The highest BCUT2D eigenvalue weighted by molar-refractivity contribution is 7.20. The van der Waals surface area contributed by atoms with Crippen LogP contribution in [0, 0.1) is 0 Å². The second kappa shape index (κ2) is 4.43. The van der Waals surface area contributed by atoms with Crippen LogP contribution in [-0.4, -0.2) is 0 Å². The molecule has 0 unspecified atom stereocenters. The molecule has 0 spiro atoms. The lowest BCUT2D eigenvalue weighted by Crippen LogP contribution is -1.74. The molecule has 18 heavy (non-hydrogen) atoms. The number of rotatable bonds is 2. The Hall–Kier alpha value is -1.86. The van der Waals surface area contributed by atoms with Gasteiger partial charge in [-0.05, 0) is 41.5 Å². The normalized spacial score (nSPS) is 11.6. The average molecular weight is 250 g/mol. The SMILES string of the molecule is C=Cc1c(/C=C\C)sc2cc3ccccc3cc12. The zero-order chi connectivity index (χ0) is 12.5. The fourth-order valence-corrected chi connectivity index (χ4v) is 3.52. The minimum absolute atomic E-state index is 1.25. The summed E-state index contributed by atoms with van der Waals surface area (Å²) in [4.78, 5) is 1.29. The van der Waals surface area contributed by atoms with Crippen LogP contribution in [0.2, 0.25) is 0 Å². The van der Waals surface area contributed by atoms with Crippen LogP contribution in [0.25, 0.3) is 33.0 Å². The van der Waals surface area contributed by atoms with Gasteiger partial charge in [-0.15, -0.1) is 11.3 Å². The lowest BCUT2D eigenvalue weighted by atomic mass is 10.0. The second-order valence-corrected chi connectivity index (χ2v) is 5.36. The molecule has 0 bridgehead atoms. The molecule has 2 aromatic carbocycles. The third-order valence-corrected chi connectivity index (χ3v) is 4.28. The Morgan fingerprint density at radius 2 is 1.83 bits per heavy atom. The molecule has 1 heteroatoms. The number of fused-ring (bicyclic) bond motifs is 2. The standard InChI is InChI=1S/C17H14S/c1-3-7-16-14(4-2)15-10-12-8-5-6-9-13(12)11-17(15)18-16/h3-11H,2H2,1H3/b7-3-. The number of allylic oxidation sites excluding steroid dienone is 1. The van der Waals surface area contributed by atoms with Crippen molar-refractivity contribution >= 4 is 44.3 Å². The second-order valence-electron chi connectivity index (χ2n) is 4.28. The lowest BCUT2D eigenvalue weighted by Gasteiger charge is -1.98. The van der Waals surface area contributed by atoms with E-state index in [1.54, 1.807) is 0 Å². The Kier molecular flexibility index (Phi) is 2.77. The Morgan fingerprint density at radius 3 is 2.50 bits per heavy atom. The first-order valence-corrected chi connectivity index (χ1v) is 6.85. The van der Waals surface area contributed by atoms with Crippen molar-refractivity contribution in [1.29, 1.82) is 0 Å². The van der Waals surface area contributed by atoms with Gasteiger partial charge in [0, 0.05) is 15.0 Å². The molecule has 3 aromatic rings. The third kappa shape index (κ3) is 1.68. The molecule has 1 heterocycles. The largest absolute Gasteiger partial charge is 0.135 e. The smallest absolute Gasteiger partial charge is 0.0361 e. The monoisotopic (exact) mass is 250 g/mol. The van der Waals surface area contributed by atoms with Gasteiger partial charge in [0.1, 0.15) is 0 Å². The van der Waals surface area contributed by atoms with Gasteiger partial charge in [0.05, 0.1) is 0 Å². The zero-order valence-electron chi connectivity index (χ0n) is 10.3. The predicted molar refractivity (Wildman–Crippen MR) is 84.1 cm³/mol. The Bertz CT molecular complexity index is 760. The van der Waals surface area contributed by atoms with E-state index in [-0.39, 0.29) is 0 Å². The van der Waals surface area contributed by atoms with Crippen molar-refractivity contribution < 1.29 is 0 Å². The van der Waals surface area contributed by atoms with Crippen molar-refractivity contribution in [2.45, 2.75) is 6.92 Å². The lowest BCUT2D eigenvalue weighted by molar-refractivity contribution is 1.77. The molecule has 0 atom stereocenters. The number of hydrogen-bond donors (Lipinski definition) is 0. The van der Waals surface area contributed by atoms with Crippen molar-refractivity contribution in [3.8, 4) is 0 Å². The van der Waals surface area contributed by atoms with Gasteiger partial charge < -0.3 is 0 Å². The summed E-state index contributed by atoms with van der Waals surface area (Å²) in [6.07, 6.45) is 6.20. The summed E-state index contributed by atoms with van der Waals surface area (Å²) in [5, 5.41) is 3.90. The van der Waals surface area contributed by atoms with Gasteiger partial charge in [-0.2, -0.15) is 0 Å². The third-order valence-electron chi connectivity index (χ3n) is 3.15. The van der Waals surface area contributed by atoms with Gasteiger partial charge in [0.25, 0.3) is 0 Å². The molecular formula is C17H14S. The summed E-state index contributed by atoms with van der Waals surface area (Å²) in [5.74, 6) is 0. The Morgan fingerprint density at radius 1 is 1.11 bits per heavy atom. The molecule has 0 radical (unpaired) electrons. The first-order chi connectivity index (χ1) is 8.83. The summed E-state index contributed by atoms with van der Waals surface area (Å²) < 4.78 is 1.33. The van der Waals surface area contributed by atoms with Crippen molar-refractivity contribution in [2.75, 3.05) is 0 Å². The van der Waals surface area contributed by atoms with Crippen LogP contribution >= 0.6 is 11.3 Å². The zero-order valence-corrected chi connectivity index (χ0v) is 11.1. The molecule has 0 saturated heterocycles. The molecule has 0 fully saturated rings. The van der Waals surface area contributed by atoms with Gasteiger partial charge in [-0.1, -0.05) is 43.0 Å². The van der Waals surface area contributed by atoms with Gasteiger partial charge in [-0.3, -0.25) is 0 Å². The summed E-state index contributed by atoms with van der Waals surface area (Å²) in [6, 6.07) is 13.0. The highest BCUT2D eigenvalue weighted by Crippen LogP contribution is 2.35. The molecule has 0 aliphatic heterocycles. The van der Waals surface area contributed by atoms with Gasteiger partial charge in [0.2, 0.25) is 0 Å². The molecule has 0 nitrogen and oxygen atoms in total. The predicted octanol–water partition coefficient (Wildman–Crippen LogP) is 5.73. The van der Waals surface area contributed by atoms with Crippen LogP contribution in [0.3, 0.4) is 0 Å². The van der Waals surface area contributed by atoms with E-state index < -0.39 is 0 Å². The van der Waals surface area contributed by atoms with Crippen molar-refractivity contribution in [2.24, 2.45) is 0 Å². The maximum atomic E-state index is 3.95. The van der Waals surface area contributed by atoms with E-state index >= 15 is 0 Å². The molecule has 1 aromatic heterocycles. The summed E-state index contributed by atoms with van der Waals surface area (Å²) in [7, 11) is 0. The van der Waals surface area contributed by atoms with Crippen LogP contribution < -0.4 is 0 Å². The maximum absolute atomic E-state index is 3.95. The van der Waals surface area contributed by atoms with Crippen LogP contribution in [0.4, 0.5) is 0 Å². The maximum Gasteiger partial charge on any atom is 0.0361 e. The molecule has 0 N–H and O–H groups in total. The van der Waals surface area contributed by atoms with E-state index in [9.17, 15) is 0 Å². The molecule has 0 aliphatic rings. The molecule has 3 rings (SSSR count).